The smallest absolute Gasteiger partial charge is 0.389 e. The number of halogens is 3. The molecule has 0 aromatic carbocycles. The number of aryl methyl sites for hydroxylation is 1. The molecule has 0 unspecified atom stereocenters. The fourth-order valence-electron chi connectivity index (χ4n) is 1.34. The summed E-state index contributed by atoms with van der Waals surface area (Å²) < 4.78 is 37.4. The van der Waals surface area contributed by atoms with Crippen LogP contribution in [-0.4, -0.2) is 32.6 Å². The quantitative estimate of drug-likeness (QED) is 0.617. The Balaban J connectivity index is 2.34. The van der Waals surface area contributed by atoms with Gasteiger partial charge in [-0.2, -0.15) is 13.2 Å². The summed E-state index contributed by atoms with van der Waals surface area (Å²) in [6.07, 6.45) is -1.32. The van der Waals surface area contributed by atoms with E-state index in [0.717, 1.165) is 11.8 Å². The normalized spacial score (nSPS) is 11.7. The van der Waals surface area contributed by atoms with Crippen LogP contribution in [0.25, 0.3) is 0 Å². The van der Waals surface area contributed by atoms with Crippen molar-refractivity contribution in [3.05, 3.63) is 12.4 Å². The van der Waals surface area contributed by atoms with Crippen molar-refractivity contribution in [2.75, 3.05) is 5.75 Å². The van der Waals surface area contributed by atoms with Crippen LogP contribution in [0.1, 0.15) is 19.3 Å². The zero-order valence-corrected chi connectivity index (χ0v) is 10.3. The van der Waals surface area contributed by atoms with E-state index in [9.17, 15) is 18.0 Å². The largest absolute Gasteiger partial charge is 0.481 e. The highest BCUT2D eigenvalue weighted by Gasteiger charge is 2.25. The lowest BCUT2D eigenvalue weighted by Crippen LogP contribution is -2.08. The van der Waals surface area contributed by atoms with E-state index in [4.69, 9.17) is 5.11 Å². The molecule has 0 saturated carbocycles. The summed E-state index contributed by atoms with van der Waals surface area (Å²) >= 11 is 1.06. The highest BCUT2D eigenvalue weighted by Crippen LogP contribution is 2.23. The van der Waals surface area contributed by atoms with E-state index in [0.29, 0.717) is 18.1 Å². The van der Waals surface area contributed by atoms with E-state index in [1.165, 1.54) is 6.20 Å². The van der Waals surface area contributed by atoms with Crippen LogP contribution in [0.15, 0.2) is 17.6 Å². The van der Waals surface area contributed by atoms with Gasteiger partial charge in [-0.1, -0.05) is 11.8 Å². The fourth-order valence-corrected chi connectivity index (χ4v) is 2.05. The topological polar surface area (TPSA) is 55.1 Å². The minimum atomic E-state index is -4.12. The molecule has 102 valence electrons. The molecule has 0 saturated heterocycles. The van der Waals surface area contributed by atoms with Gasteiger partial charge in [0.05, 0.1) is 5.75 Å². The van der Waals surface area contributed by atoms with Crippen molar-refractivity contribution >= 4 is 17.7 Å². The molecule has 8 heteroatoms. The zero-order chi connectivity index (χ0) is 13.6. The molecule has 0 bridgehead atoms. The number of rotatable bonds is 7. The van der Waals surface area contributed by atoms with Gasteiger partial charge in [-0.3, -0.25) is 4.79 Å². The number of carboxylic acid groups (broad SMARTS) is 1. The Kier molecular flexibility index (Phi) is 5.52. The van der Waals surface area contributed by atoms with Gasteiger partial charge in [-0.25, -0.2) is 4.98 Å². The summed E-state index contributed by atoms with van der Waals surface area (Å²) in [5, 5.41) is 9.04. The maximum atomic E-state index is 11.9. The number of carbonyl (C=O) groups is 1. The predicted octanol–water partition coefficient (Wildman–Crippen LogP) is 2.79. The first kappa shape index (κ1) is 14.9. The van der Waals surface area contributed by atoms with Gasteiger partial charge in [0.2, 0.25) is 0 Å². The van der Waals surface area contributed by atoms with Crippen molar-refractivity contribution in [2.45, 2.75) is 37.1 Å². The molecular formula is C10H13F3N2O2S. The van der Waals surface area contributed by atoms with Gasteiger partial charge in [-0.05, 0) is 12.8 Å². The lowest BCUT2D eigenvalue weighted by atomic mass is 10.2. The summed E-state index contributed by atoms with van der Waals surface area (Å²) in [6, 6.07) is 0. The van der Waals surface area contributed by atoms with Crippen LogP contribution in [0.3, 0.4) is 0 Å². The number of alkyl halides is 3. The SMILES string of the molecule is O=C(O)CSc1nccn1CCCCC(F)(F)F. The monoisotopic (exact) mass is 282 g/mol. The number of carboxylic acids is 1. The van der Waals surface area contributed by atoms with E-state index in [-0.39, 0.29) is 12.2 Å². The molecule has 1 aromatic heterocycles. The van der Waals surface area contributed by atoms with Gasteiger partial charge >= 0.3 is 12.1 Å². The van der Waals surface area contributed by atoms with Crippen LogP contribution >= 0.6 is 11.8 Å². The molecule has 0 atom stereocenters. The number of hydrogen-bond acceptors (Lipinski definition) is 3. The highest BCUT2D eigenvalue weighted by molar-refractivity contribution is 7.99. The van der Waals surface area contributed by atoms with Gasteiger partial charge in [0.15, 0.2) is 5.16 Å². The number of nitrogens with zero attached hydrogens (tertiary/aromatic N) is 2. The van der Waals surface area contributed by atoms with Crippen LogP contribution in [-0.2, 0) is 11.3 Å². The molecule has 0 aliphatic heterocycles. The predicted molar refractivity (Wildman–Crippen MR) is 60.5 cm³/mol. The van der Waals surface area contributed by atoms with E-state index < -0.39 is 18.6 Å². The Labute approximate surface area is 106 Å². The van der Waals surface area contributed by atoms with Gasteiger partial charge in [0, 0.05) is 25.4 Å². The van der Waals surface area contributed by atoms with Crippen LogP contribution < -0.4 is 0 Å². The molecule has 0 aliphatic carbocycles. The maximum Gasteiger partial charge on any atom is 0.389 e. The van der Waals surface area contributed by atoms with Crippen LogP contribution in [0.2, 0.25) is 0 Å². The first-order chi connectivity index (χ1) is 8.38. The number of aliphatic carboxylic acids is 1. The van der Waals surface area contributed by atoms with Gasteiger partial charge in [0.1, 0.15) is 0 Å². The molecule has 18 heavy (non-hydrogen) atoms. The van der Waals surface area contributed by atoms with Crippen molar-refractivity contribution in [1.82, 2.24) is 9.55 Å². The average molecular weight is 282 g/mol. The summed E-state index contributed by atoms with van der Waals surface area (Å²) in [4.78, 5) is 14.3. The summed E-state index contributed by atoms with van der Waals surface area (Å²) in [7, 11) is 0. The van der Waals surface area contributed by atoms with Gasteiger partial charge in [-0.15, -0.1) is 0 Å². The molecule has 1 heterocycles. The molecule has 0 aliphatic rings. The minimum Gasteiger partial charge on any atom is -0.481 e. The average Bonchev–Trinajstić information content (AvgIpc) is 2.67. The van der Waals surface area contributed by atoms with Crippen LogP contribution in [0.4, 0.5) is 13.2 Å². The molecule has 0 amide bonds. The molecule has 0 spiro atoms. The van der Waals surface area contributed by atoms with Crippen molar-refractivity contribution in [3.8, 4) is 0 Å². The first-order valence-electron chi connectivity index (χ1n) is 5.31. The first-order valence-corrected chi connectivity index (χ1v) is 6.29. The summed E-state index contributed by atoms with van der Waals surface area (Å²) in [5.41, 5.74) is 0. The third-order valence-electron chi connectivity index (χ3n) is 2.11. The zero-order valence-electron chi connectivity index (χ0n) is 9.48. The Morgan fingerprint density at radius 3 is 2.78 bits per heavy atom. The van der Waals surface area contributed by atoms with Crippen molar-refractivity contribution in [3.63, 3.8) is 0 Å². The Bertz CT molecular complexity index is 393. The van der Waals surface area contributed by atoms with Gasteiger partial charge in [0.25, 0.3) is 0 Å². The second-order valence-corrected chi connectivity index (χ2v) is 4.60. The second kappa shape index (κ2) is 6.67. The van der Waals surface area contributed by atoms with Crippen LogP contribution in [0.5, 0.6) is 0 Å². The summed E-state index contributed by atoms with van der Waals surface area (Å²) in [5.74, 6) is -1.06. The standard InChI is InChI=1S/C10H13F3N2O2S/c11-10(12,13)3-1-2-5-15-6-4-14-9(15)18-7-8(16)17/h4,6H,1-3,5,7H2,(H,16,17). The lowest BCUT2D eigenvalue weighted by Gasteiger charge is -2.08. The molecule has 0 radical (unpaired) electrons. The second-order valence-electron chi connectivity index (χ2n) is 3.66. The fraction of sp³-hybridized carbons (Fsp3) is 0.600. The van der Waals surface area contributed by atoms with E-state index in [2.05, 4.69) is 4.98 Å². The third-order valence-corrected chi connectivity index (χ3v) is 3.10. The van der Waals surface area contributed by atoms with Crippen LogP contribution in [0, 0.1) is 0 Å². The molecule has 4 nitrogen and oxygen atoms in total. The summed E-state index contributed by atoms with van der Waals surface area (Å²) in [6.45, 7) is 0.415. The highest BCUT2D eigenvalue weighted by atomic mass is 32.2. The molecule has 0 fully saturated rings. The Morgan fingerprint density at radius 2 is 2.17 bits per heavy atom. The number of unbranched alkanes of at least 4 members (excludes halogenated alkanes) is 1. The number of hydrogen-bond donors (Lipinski definition) is 1. The minimum absolute atomic E-state index is 0.0602. The maximum absolute atomic E-state index is 11.9. The molecule has 1 N–H and O–H groups in total. The van der Waals surface area contributed by atoms with Crippen molar-refractivity contribution in [1.29, 1.82) is 0 Å². The number of aromatic nitrogens is 2. The Morgan fingerprint density at radius 1 is 1.44 bits per heavy atom. The number of imidazole rings is 1. The molecule has 1 aromatic rings. The van der Waals surface area contributed by atoms with Crippen molar-refractivity contribution in [2.24, 2.45) is 0 Å². The lowest BCUT2D eigenvalue weighted by molar-refractivity contribution is -0.136. The molecule has 1 rings (SSSR count). The van der Waals surface area contributed by atoms with E-state index in [1.807, 2.05) is 0 Å². The van der Waals surface area contributed by atoms with Gasteiger partial charge < -0.3 is 9.67 Å². The molecular weight excluding hydrogens is 269 g/mol. The Hall–Kier alpha value is -1.18. The third kappa shape index (κ3) is 5.95. The van der Waals surface area contributed by atoms with E-state index in [1.54, 1.807) is 10.8 Å². The van der Waals surface area contributed by atoms with E-state index >= 15 is 0 Å². The van der Waals surface area contributed by atoms with Crippen molar-refractivity contribution < 1.29 is 23.1 Å². The number of thioether (sulfide) groups is 1.